The lowest BCUT2D eigenvalue weighted by molar-refractivity contribution is 0.262. The Hall–Kier alpha value is -4.20. The molecule has 0 bridgehead atoms. The van der Waals surface area contributed by atoms with Crippen molar-refractivity contribution in [2.45, 2.75) is 13.8 Å². The average Bonchev–Trinajstić information content (AvgIpc) is 3.27. The first-order valence-electron chi connectivity index (χ1n) is 9.41. The SMILES string of the molecule is Cc1ccc(NC(=O)Nc2ccc(Nc3cc(-n4cccn4)ncn3)cc2)c(C)c1. The number of urea groups is 1. The van der Waals surface area contributed by atoms with Gasteiger partial charge in [0.25, 0.3) is 0 Å². The minimum Gasteiger partial charge on any atom is -0.340 e. The van der Waals surface area contributed by atoms with E-state index in [-0.39, 0.29) is 6.03 Å². The molecule has 2 aromatic heterocycles. The van der Waals surface area contributed by atoms with Gasteiger partial charge in [-0.3, -0.25) is 0 Å². The number of carbonyl (C=O) groups excluding carboxylic acids is 1. The van der Waals surface area contributed by atoms with Crippen molar-refractivity contribution in [2.75, 3.05) is 16.0 Å². The molecular weight excluding hydrogens is 378 g/mol. The van der Waals surface area contributed by atoms with Crippen molar-refractivity contribution >= 4 is 28.9 Å². The first-order valence-corrected chi connectivity index (χ1v) is 9.41. The number of amides is 2. The Kier molecular flexibility index (Phi) is 5.38. The maximum atomic E-state index is 12.3. The van der Waals surface area contributed by atoms with Gasteiger partial charge in [0.2, 0.25) is 0 Å². The lowest BCUT2D eigenvalue weighted by Crippen LogP contribution is -2.19. The van der Waals surface area contributed by atoms with E-state index in [1.165, 1.54) is 6.33 Å². The molecule has 4 aromatic rings. The molecule has 0 saturated heterocycles. The predicted octanol–water partition coefficient (Wildman–Crippen LogP) is 4.67. The summed E-state index contributed by atoms with van der Waals surface area (Å²) < 4.78 is 1.66. The van der Waals surface area contributed by atoms with E-state index in [0.29, 0.717) is 17.3 Å². The molecule has 2 aromatic carbocycles. The minimum absolute atomic E-state index is 0.290. The van der Waals surface area contributed by atoms with E-state index in [0.717, 1.165) is 22.5 Å². The molecular formula is C22H21N7O. The van der Waals surface area contributed by atoms with E-state index in [4.69, 9.17) is 0 Å². The summed E-state index contributed by atoms with van der Waals surface area (Å²) in [5.41, 5.74) is 4.47. The summed E-state index contributed by atoms with van der Waals surface area (Å²) in [6, 6.07) is 16.6. The maximum absolute atomic E-state index is 12.3. The van der Waals surface area contributed by atoms with Crippen molar-refractivity contribution in [3.05, 3.63) is 84.4 Å². The summed E-state index contributed by atoms with van der Waals surface area (Å²) in [5, 5.41) is 13.1. The van der Waals surface area contributed by atoms with Crippen LogP contribution in [0.1, 0.15) is 11.1 Å². The molecule has 2 amide bonds. The topological polar surface area (TPSA) is 96.8 Å². The van der Waals surface area contributed by atoms with E-state index in [1.807, 2.05) is 68.6 Å². The molecule has 0 unspecified atom stereocenters. The zero-order chi connectivity index (χ0) is 20.9. The van der Waals surface area contributed by atoms with Gasteiger partial charge in [0.05, 0.1) is 0 Å². The largest absolute Gasteiger partial charge is 0.340 e. The van der Waals surface area contributed by atoms with Gasteiger partial charge in [0.15, 0.2) is 5.82 Å². The Labute approximate surface area is 174 Å². The van der Waals surface area contributed by atoms with Crippen LogP contribution in [-0.2, 0) is 0 Å². The number of rotatable bonds is 5. The molecule has 8 nitrogen and oxygen atoms in total. The Morgan fingerprint density at radius 1 is 0.933 bits per heavy atom. The van der Waals surface area contributed by atoms with Crippen LogP contribution in [0.5, 0.6) is 0 Å². The molecule has 4 rings (SSSR count). The Balaban J connectivity index is 1.38. The number of hydrogen-bond acceptors (Lipinski definition) is 5. The van der Waals surface area contributed by atoms with Gasteiger partial charge in [0.1, 0.15) is 12.1 Å². The summed E-state index contributed by atoms with van der Waals surface area (Å²) in [4.78, 5) is 20.7. The molecule has 0 aliphatic carbocycles. The molecule has 2 heterocycles. The number of aryl methyl sites for hydroxylation is 2. The van der Waals surface area contributed by atoms with Crippen LogP contribution >= 0.6 is 0 Å². The third-order valence-electron chi connectivity index (χ3n) is 4.44. The van der Waals surface area contributed by atoms with Gasteiger partial charge in [-0.1, -0.05) is 17.7 Å². The molecule has 0 spiro atoms. The van der Waals surface area contributed by atoms with Crippen LogP contribution in [0.4, 0.5) is 27.7 Å². The van der Waals surface area contributed by atoms with Crippen molar-refractivity contribution < 1.29 is 4.79 Å². The Bertz CT molecular complexity index is 1150. The molecule has 0 aliphatic heterocycles. The number of benzene rings is 2. The smallest absolute Gasteiger partial charge is 0.323 e. The average molecular weight is 399 g/mol. The van der Waals surface area contributed by atoms with Gasteiger partial charge < -0.3 is 16.0 Å². The van der Waals surface area contributed by atoms with Gasteiger partial charge in [-0.2, -0.15) is 5.10 Å². The highest BCUT2D eigenvalue weighted by molar-refractivity contribution is 6.00. The van der Waals surface area contributed by atoms with E-state index in [2.05, 4.69) is 31.0 Å². The quantitative estimate of drug-likeness (QED) is 0.453. The zero-order valence-electron chi connectivity index (χ0n) is 16.6. The van der Waals surface area contributed by atoms with Crippen molar-refractivity contribution in [2.24, 2.45) is 0 Å². The van der Waals surface area contributed by atoms with Crippen LogP contribution in [-0.4, -0.2) is 25.8 Å². The van der Waals surface area contributed by atoms with Crippen molar-refractivity contribution in [3.8, 4) is 5.82 Å². The van der Waals surface area contributed by atoms with Gasteiger partial charge in [-0.25, -0.2) is 19.4 Å². The molecule has 0 saturated carbocycles. The second kappa shape index (κ2) is 8.44. The molecule has 8 heteroatoms. The Morgan fingerprint density at radius 3 is 2.47 bits per heavy atom. The number of nitrogens with one attached hydrogen (secondary N) is 3. The van der Waals surface area contributed by atoms with E-state index in [9.17, 15) is 4.79 Å². The number of aromatic nitrogens is 4. The van der Waals surface area contributed by atoms with Gasteiger partial charge in [-0.15, -0.1) is 0 Å². The molecule has 0 atom stereocenters. The lowest BCUT2D eigenvalue weighted by Gasteiger charge is -2.11. The molecule has 0 fully saturated rings. The van der Waals surface area contributed by atoms with E-state index < -0.39 is 0 Å². The summed E-state index contributed by atoms with van der Waals surface area (Å²) in [5.74, 6) is 1.31. The normalized spacial score (nSPS) is 10.5. The molecule has 0 aliphatic rings. The third-order valence-corrected chi connectivity index (χ3v) is 4.44. The molecule has 150 valence electrons. The van der Waals surface area contributed by atoms with Crippen LogP contribution in [0.3, 0.4) is 0 Å². The standard InChI is InChI=1S/C22H21N7O/c1-15-4-9-19(16(2)12-15)28-22(30)27-18-7-5-17(6-8-18)26-20-13-21(24-14-23-20)29-11-3-10-25-29/h3-14H,1-2H3,(H,23,24,26)(H2,27,28,30). The fraction of sp³-hybridized carbons (Fsp3) is 0.0909. The van der Waals surface area contributed by atoms with E-state index >= 15 is 0 Å². The van der Waals surface area contributed by atoms with Crippen LogP contribution in [0, 0.1) is 13.8 Å². The number of nitrogens with zero attached hydrogens (tertiary/aromatic N) is 4. The Morgan fingerprint density at radius 2 is 1.73 bits per heavy atom. The van der Waals surface area contributed by atoms with Gasteiger partial charge >= 0.3 is 6.03 Å². The number of carbonyl (C=O) groups is 1. The zero-order valence-corrected chi connectivity index (χ0v) is 16.6. The van der Waals surface area contributed by atoms with Crippen molar-refractivity contribution in [1.82, 2.24) is 19.7 Å². The summed E-state index contributed by atoms with van der Waals surface area (Å²) in [6.07, 6.45) is 4.99. The number of anilines is 4. The van der Waals surface area contributed by atoms with Crippen LogP contribution in [0.15, 0.2) is 73.3 Å². The summed E-state index contributed by atoms with van der Waals surface area (Å²) >= 11 is 0. The molecule has 0 radical (unpaired) electrons. The highest BCUT2D eigenvalue weighted by atomic mass is 16.2. The van der Waals surface area contributed by atoms with Gasteiger partial charge in [0, 0.05) is 35.5 Å². The monoisotopic (exact) mass is 399 g/mol. The molecule has 3 N–H and O–H groups in total. The number of hydrogen-bond donors (Lipinski definition) is 3. The van der Waals surface area contributed by atoms with Crippen molar-refractivity contribution in [1.29, 1.82) is 0 Å². The van der Waals surface area contributed by atoms with Crippen LogP contribution in [0.25, 0.3) is 5.82 Å². The molecule has 30 heavy (non-hydrogen) atoms. The predicted molar refractivity (Wildman–Crippen MR) is 117 cm³/mol. The second-order valence-corrected chi connectivity index (χ2v) is 6.81. The second-order valence-electron chi connectivity index (χ2n) is 6.81. The fourth-order valence-corrected chi connectivity index (χ4v) is 2.97. The summed E-state index contributed by atoms with van der Waals surface area (Å²) in [6.45, 7) is 3.99. The van der Waals surface area contributed by atoms with E-state index in [1.54, 1.807) is 16.9 Å². The maximum Gasteiger partial charge on any atom is 0.323 e. The highest BCUT2D eigenvalue weighted by Gasteiger charge is 2.06. The lowest BCUT2D eigenvalue weighted by atomic mass is 10.1. The first kappa shape index (κ1) is 19.1. The first-order chi connectivity index (χ1) is 14.6. The fourth-order valence-electron chi connectivity index (χ4n) is 2.97. The third kappa shape index (κ3) is 4.61. The highest BCUT2D eigenvalue weighted by Crippen LogP contribution is 2.20. The van der Waals surface area contributed by atoms with Crippen molar-refractivity contribution in [3.63, 3.8) is 0 Å². The van der Waals surface area contributed by atoms with Crippen LogP contribution < -0.4 is 16.0 Å². The minimum atomic E-state index is -0.290. The summed E-state index contributed by atoms with van der Waals surface area (Å²) in [7, 11) is 0. The van der Waals surface area contributed by atoms with Gasteiger partial charge in [-0.05, 0) is 55.8 Å². The van der Waals surface area contributed by atoms with Crippen LogP contribution in [0.2, 0.25) is 0 Å².